The van der Waals surface area contributed by atoms with Gasteiger partial charge in [0, 0.05) is 16.0 Å². The molecule has 0 atom stereocenters. The predicted molar refractivity (Wildman–Crippen MR) is 110 cm³/mol. The molecular formula is C21H19NO2S2. The normalized spacial score (nSPS) is 10.4. The molecule has 0 bridgehead atoms. The van der Waals surface area contributed by atoms with Crippen molar-refractivity contribution in [2.75, 3.05) is 13.4 Å². The standard InChI is InChI=1S/C21H19NO2S2/c1-24-17-11-7-15(8-12-17)16-9-13-18(14-10-16)26-20-6-4-3-5-19(20)21(23)22-25-2/h3-14H,1-2H3,(H,22,23). The number of hydrogen-bond donors (Lipinski definition) is 1. The van der Waals surface area contributed by atoms with Gasteiger partial charge in [-0.05, 0) is 47.5 Å². The van der Waals surface area contributed by atoms with Gasteiger partial charge in [-0.3, -0.25) is 9.52 Å². The van der Waals surface area contributed by atoms with Crippen LogP contribution in [0, 0.1) is 0 Å². The zero-order chi connectivity index (χ0) is 18.4. The summed E-state index contributed by atoms with van der Waals surface area (Å²) in [5.41, 5.74) is 2.97. The minimum atomic E-state index is -0.0737. The lowest BCUT2D eigenvalue weighted by atomic mass is 10.1. The van der Waals surface area contributed by atoms with Crippen molar-refractivity contribution in [2.45, 2.75) is 9.79 Å². The van der Waals surface area contributed by atoms with Gasteiger partial charge in [0.1, 0.15) is 5.75 Å². The van der Waals surface area contributed by atoms with Crippen molar-refractivity contribution in [3.63, 3.8) is 0 Å². The van der Waals surface area contributed by atoms with Crippen molar-refractivity contribution in [1.29, 1.82) is 0 Å². The Bertz CT molecular complexity index is 877. The molecule has 1 N–H and O–H groups in total. The summed E-state index contributed by atoms with van der Waals surface area (Å²) in [4.78, 5) is 14.2. The highest BCUT2D eigenvalue weighted by atomic mass is 32.2. The Balaban J connectivity index is 1.78. The van der Waals surface area contributed by atoms with E-state index in [0.717, 1.165) is 26.7 Å². The molecule has 3 aromatic rings. The van der Waals surface area contributed by atoms with E-state index >= 15 is 0 Å². The Kier molecular flexibility index (Phi) is 6.26. The van der Waals surface area contributed by atoms with Crippen LogP contribution in [0.5, 0.6) is 5.75 Å². The van der Waals surface area contributed by atoms with Crippen LogP contribution in [0.2, 0.25) is 0 Å². The number of ether oxygens (including phenoxy) is 1. The molecule has 0 spiro atoms. The second-order valence-corrected chi connectivity index (χ2v) is 7.21. The molecule has 5 heteroatoms. The van der Waals surface area contributed by atoms with Crippen LogP contribution in [0.15, 0.2) is 82.6 Å². The number of carbonyl (C=O) groups is 1. The topological polar surface area (TPSA) is 38.3 Å². The van der Waals surface area contributed by atoms with E-state index in [0.29, 0.717) is 5.56 Å². The molecule has 26 heavy (non-hydrogen) atoms. The molecule has 3 nitrogen and oxygen atoms in total. The van der Waals surface area contributed by atoms with Gasteiger partial charge in [-0.1, -0.05) is 60.1 Å². The quantitative estimate of drug-likeness (QED) is 0.571. The molecule has 0 unspecified atom stereocenters. The Morgan fingerprint density at radius 3 is 2.12 bits per heavy atom. The first-order valence-electron chi connectivity index (χ1n) is 8.06. The average Bonchev–Trinajstić information content (AvgIpc) is 2.69. The fraction of sp³-hybridized carbons (Fsp3) is 0.0952. The molecule has 0 aromatic heterocycles. The van der Waals surface area contributed by atoms with Crippen LogP contribution in [0.4, 0.5) is 0 Å². The molecule has 0 saturated heterocycles. The number of methoxy groups -OCH3 is 1. The van der Waals surface area contributed by atoms with Gasteiger partial charge in [-0.25, -0.2) is 0 Å². The summed E-state index contributed by atoms with van der Waals surface area (Å²) in [6.45, 7) is 0. The van der Waals surface area contributed by atoms with E-state index in [-0.39, 0.29) is 5.91 Å². The van der Waals surface area contributed by atoms with Crippen molar-refractivity contribution in [2.24, 2.45) is 0 Å². The Morgan fingerprint density at radius 2 is 1.50 bits per heavy atom. The summed E-state index contributed by atoms with van der Waals surface area (Å²) in [6, 6.07) is 24.0. The van der Waals surface area contributed by atoms with Crippen LogP contribution in [0.25, 0.3) is 11.1 Å². The van der Waals surface area contributed by atoms with Gasteiger partial charge < -0.3 is 4.74 Å². The van der Waals surface area contributed by atoms with E-state index in [1.54, 1.807) is 18.9 Å². The van der Waals surface area contributed by atoms with Gasteiger partial charge in [-0.15, -0.1) is 0 Å². The lowest BCUT2D eigenvalue weighted by Gasteiger charge is -2.09. The van der Waals surface area contributed by atoms with Gasteiger partial charge in [0.05, 0.1) is 12.7 Å². The third-order valence-corrected chi connectivity index (χ3v) is 5.31. The van der Waals surface area contributed by atoms with Crippen LogP contribution >= 0.6 is 23.7 Å². The van der Waals surface area contributed by atoms with Gasteiger partial charge in [-0.2, -0.15) is 0 Å². The Labute approximate surface area is 162 Å². The molecule has 0 fully saturated rings. The number of amides is 1. The first-order chi connectivity index (χ1) is 12.7. The zero-order valence-corrected chi connectivity index (χ0v) is 16.2. The maximum absolute atomic E-state index is 12.2. The fourth-order valence-electron chi connectivity index (χ4n) is 2.52. The predicted octanol–water partition coefficient (Wildman–Crippen LogP) is 5.52. The molecule has 0 saturated carbocycles. The summed E-state index contributed by atoms with van der Waals surface area (Å²) < 4.78 is 7.98. The van der Waals surface area contributed by atoms with Gasteiger partial charge >= 0.3 is 0 Å². The summed E-state index contributed by atoms with van der Waals surface area (Å²) >= 11 is 2.89. The highest BCUT2D eigenvalue weighted by molar-refractivity contribution is 7.99. The third-order valence-electron chi connectivity index (χ3n) is 3.83. The number of benzene rings is 3. The molecule has 1 amide bonds. The molecule has 0 radical (unpaired) electrons. The Morgan fingerprint density at radius 1 is 0.885 bits per heavy atom. The maximum atomic E-state index is 12.2. The maximum Gasteiger partial charge on any atom is 0.262 e. The van der Waals surface area contributed by atoms with Crippen LogP contribution in [-0.2, 0) is 0 Å². The largest absolute Gasteiger partial charge is 0.497 e. The van der Waals surface area contributed by atoms with Crippen LogP contribution in [0.1, 0.15) is 10.4 Å². The summed E-state index contributed by atoms with van der Waals surface area (Å²) in [6.07, 6.45) is 1.84. The number of rotatable bonds is 6. The van der Waals surface area contributed by atoms with Crippen LogP contribution in [0.3, 0.4) is 0 Å². The van der Waals surface area contributed by atoms with Crippen molar-refractivity contribution >= 4 is 29.6 Å². The summed E-state index contributed by atoms with van der Waals surface area (Å²) in [5, 5.41) is 0. The van der Waals surface area contributed by atoms with E-state index in [2.05, 4.69) is 29.0 Å². The van der Waals surface area contributed by atoms with Crippen LogP contribution < -0.4 is 9.46 Å². The molecule has 0 aliphatic carbocycles. The third kappa shape index (κ3) is 4.42. The SMILES string of the molecule is COc1ccc(-c2ccc(Sc3ccccc3C(=O)NSC)cc2)cc1. The number of hydrogen-bond acceptors (Lipinski definition) is 4. The monoisotopic (exact) mass is 381 g/mol. The second kappa shape index (κ2) is 8.83. The van der Waals surface area contributed by atoms with Crippen molar-refractivity contribution in [1.82, 2.24) is 4.72 Å². The van der Waals surface area contributed by atoms with E-state index in [4.69, 9.17) is 4.74 Å². The zero-order valence-electron chi connectivity index (χ0n) is 14.6. The minimum Gasteiger partial charge on any atom is -0.497 e. The average molecular weight is 382 g/mol. The van der Waals surface area contributed by atoms with E-state index in [9.17, 15) is 4.79 Å². The molecule has 3 rings (SSSR count). The molecule has 0 aliphatic rings. The number of carbonyl (C=O) groups excluding carboxylic acids is 1. The van der Waals surface area contributed by atoms with Crippen molar-refractivity contribution in [3.05, 3.63) is 78.4 Å². The van der Waals surface area contributed by atoms with E-state index in [1.165, 1.54) is 11.9 Å². The second-order valence-electron chi connectivity index (χ2n) is 5.49. The molecule has 132 valence electrons. The first kappa shape index (κ1) is 18.4. The van der Waals surface area contributed by atoms with Crippen LogP contribution in [-0.4, -0.2) is 19.3 Å². The molecular weight excluding hydrogens is 362 g/mol. The smallest absolute Gasteiger partial charge is 0.262 e. The Hall–Kier alpha value is -2.37. The fourth-order valence-corrected chi connectivity index (χ4v) is 3.76. The van der Waals surface area contributed by atoms with E-state index < -0.39 is 0 Å². The number of nitrogens with one attached hydrogen (secondary N) is 1. The lowest BCUT2D eigenvalue weighted by molar-refractivity contribution is 0.0981. The summed E-state index contributed by atoms with van der Waals surface area (Å²) in [5.74, 6) is 0.775. The first-order valence-corrected chi connectivity index (χ1v) is 10.1. The van der Waals surface area contributed by atoms with Gasteiger partial charge in [0.15, 0.2) is 0 Å². The van der Waals surface area contributed by atoms with Crippen molar-refractivity contribution in [3.8, 4) is 16.9 Å². The van der Waals surface area contributed by atoms with Crippen molar-refractivity contribution < 1.29 is 9.53 Å². The lowest BCUT2D eigenvalue weighted by Crippen LogP contribution is -2.15. The minimum absolute atomic E-state index is 0.0737. The molecule has 3 aromatic carbocycles. The van der Waals surface area contributed by atoms with Gasteiger partial charge in [0.25, 0.3) is 5.91 Å². The molecule has 0 aliphatic heterocycles. The van der Waals surface area contributed by atoms with E-state index in [1.807, 2.05) is 54.8 Å². The van der Waals surface area contributed by atoms with Gasteiger partial charge in [0.2, 0.25) is 0 Å². The highest BCUT2D eigenvalue weighted by Crippen LogP contribution is 2.32. The highest BCUT2D eigenvalue weighted by Gasteiger charge is 2.11. The molecule has 0 heterocycles. The summed E-state index contributed by atoms with van der Waals surface area (Å²) in [7, 11) is 1.67.